The van der Waals surface area contributed by atoms with Crippen molar-refractivity contribution in [3.63, 3.8) is 0 Å². The van der Waals surface area contributed by atoms with Gasteiger partial charge in [-0.25, -0.2) is 4.79 Å². The van der Waals surface area contributed by atoms with Gasteiger partial charge in [-0.2, -0.15) is 22.0 Å². The van der Waals surface area contributed by atoms with Crippen LogP contribution in [0.1, 0.15) is 6.42 Å². The van der Waals surface area contributed by atoms with Crippen molar-refractivity contribution in [2.75, 3.05) is 6.61 Å². The molecule has 0 rings (SSSR count). The van der Waals surface area contributed by atoms with Crippen LogP contribution < -0.4 is 0 Å². The summed E-state index contributed by atoms with van der Waals surface area (Å²) in [5.41, 5.74) is 0. The van der Waals surface area contributed by atoms with Crippen molar-refractivity contribution in [1.82, 2.24) is 0 Å². The highest BCUT2D eigenvalue weighted by Crippen LogP contribution is 2.37. The Balaban J connectivity index is 4.01. The van der Waals surface area contributed by atoms with Gasteiger partial charge in [0.1, 0.15) is 0 Å². The van der Waals surface area contributed by atoms with E-state index in [1.807, 2.05) is 0 Å². The first-order chi connectivity index (χ1) is 6.20. The van der Waals surface area contributed by atoms with Gasteiger partial charge in [0.2, 0.25) is 0 Å². The number of hydrogen-bond acceptors (Lipinski definition) is 2. The Hall–Kier alpha value is -1.14. The Bertz CT molecular complexity index is 221. The third-order valence-corrected chi connectivity index (χ3v) is 1.24. The molecule has 0 heterocycles. The van der Waals surface area contributed by atoms with E-state index in [1.54, 1.807) is 0 Å². The highest BCUT2D eigenvalue weighted by atomic mass is 19.4. The van der Waals surface area contributed by atoms with Crippen molar-refractivity contribution in [2.45, 2.75) is 18.5 Å². The molecule has 0 atom stereocenters. The summed E-state index contributed by atoms with van der Waals surface area (Å²) in [6, 6.07) is 0. The van der Waals surface area contributed by atoms with Crippen molar-refractivity contribution < 1.29 is 31.5 Å². The van der Waals surface area contributed by atoms with Crippen LogP contribution in [-0.2, 0) is 9.53 Å². The van der Waals surface area contributed by atoms with Gasteiger partial charge in [0.15, 0.2) is 0 Å². The molecule has 0 aliphatic carbocycles. The predicted octanol–water partition coefficient (Wildman–Crippen LogP) is 2.30. The van der Waals surface area contributed by atoms with E-state index in [-0.39, 0.29) is 0 Å². The molecule has 7 heteroatoms. The van der Waals surface area contributed by atoms with Gasteiger partial charge in [0.25, 0.3) is 0 Å². The normalized spacial score (nSPS) is 12.4. The molecule has 0 bridgehead atoms. The van der Waals surface area contributed by atoms with Gasteiger partial charge in [-0.05, 0) is 0 Å². The molecule has 2 nitrogen and oxygen atoms in total. The topological polar surface area (TPSA) is 26.3 Å². The minimum Gasteiger partial charge on any atom is -0.462 e. The molecule has 0 aromatic heterocycles. The molecule has 0 aromatic carbocycles. The fourth-order valence-corrected chi connectivity index (χ4v) is 0.480. The number of carbonyl (C=O) groups excluding carboxylic acids is 1. The molecule has 0 unspecified atom stereocenters. The summed E-state index contributed by atoms with van der Waals surface area (Å²) in [7, 11) is 0. The second kappa shape index (κ2) is 4.39. The van der Waals surface area contributed by atoms with E-state index in [1.165, 1.54) is 0 Å². The van der Waals surface area contributed by atoms with E-state index >= 15 is 0 Å². The van der Waals surface area contributed by atoms with Crippen LogP contribution in [0.2, 0.25) is 0 Å². The van der Waals surface area contributed by atoms with Crippen LogP contribution in [0.5, 0.6) is 0 Å². The van der Waals surface area contributed by atoms with Gasteiger partial charge >= 0.3 is 18.1 Å². The van der Waals surface area contributed by atoms with Crippen molar-refractivity contribution in [2.24, 2.45) is 0 Å². The number of ether oxygens (including phenoxy) is 1. The second-order valence-corrected chi connectivity index (χ2v) is 2.32. The van der Waals surface area contributed by atoms with E-state index in [0.717, 1.165) is 0 Å². The minimum absolute atomic E-state index is 0.672. The van der Waals surface area contributed by atoms with Gasteiger partial charge < -0.3 is 4.74 Å². The largest absolute Gasteiger partial charge is 0.462 e. The maximum Gasteiger partial charge on any atom is 0.453 e. The number of carbonyl (C=O) groups is 1. The lowest BCUT2D eigenvalue weighted by molar-refractivity contribution is -0.286. The summed E-state index contributed by atoms with van der Waals surface area (Å²) in [4.78, 5) is 10.3. The molecule has 0 N–H and O–H groups in total. The fraction of sp³-hybridized carbons (Fsp3) is 0.571. The van der Waals surface area contributed by atoms with Crippen LogP contribution in [-0.4, -0.2) is 24.7 Å². The van der Waals surface area contributed by atoms with Crippen LogP contribution in [0.15, 0.2) is 12.7 Å². The maximum absolute atomic E-state index is 12.1. The standard InChI is InChI=1S/C7H7F5O2/c1-2-5(13)14-4-3-6(8,9)7(10,11)12/h2H,1,3-4H2. The van der Waals surface area contributed by atoms with E-state index < -0.39 is 31.1 Å². The molecule has 0 amide bonds. The van der Waals surface area contributed by atoms with Gasteiger partial charge in [-0.1, -0.05) is 6.58 Å². The average Bonchev–Trinajstić information content (AvgIpc) is 2.01. The quantitative estimate of drug-likeness (QED) is 0.411. The van der Waals surface area contributed by atoms with Crippen LogP contribution in [0, 0.1) is 0 Å². The predicted molar refractivity (Wildman–Crippen MR) is 36.8 cm³/mol. The molecule has 0 aliphatic heterocycles. The molecule has 0 radical (unpaired) electrons. The van der Waals surface area contributed by atoms with Crippen LogP contribution in [0.25, 0.3) is 0 Å². The fourth-order valence-electron chi connectivity index (χ4n) is 0.480. The lowest BCUT2D eigenvalue weighted by atomic mass is 10.2. The lowest BCUT2D eigenvalue weighted by Crippen LogP contribution is -2.37. The van der Waals surface area contributed by atoms with Crippen molar-refractivity contribution in [3.8, 4) is 0 Å². The van der Waals surface area contributed by atoms with Crippen LogP contribution in [0.3, 0.4) is 0 Å². The van der Waals surface area contributed by atoms with Crippen molar-refractivity contribution in [3.05, 3.63) is 12.7 Å². The number of alkyl halides is 5. The summed E-state index contributed by atoms with van der Waals surface area (Å²) in [5, 5.41) is 0. The van der Waals surface area contributed by atoms with E-state index in [9.17, 15) is 26.7 Å². The Morgan fingerprint density at radius 1 is 1.29 bits per heavy atom. The summed E-state index contributed by atoms with van der Waals surface area (Å²) >= 11 is 0. The molecule has 0 spiro atoms. The molecule has 0 aromatic rings. The molecular formula is C7H7F5O2. The van der Waals surface area contributed by atoms with E-state index in [4.69, 9.17) is 0 Å². The maximum atomic E-state index is 12.1. The Kier molecular flexibility index (Phi) is 4.03. The van der Waals surface area contributed by atoms with Gasteiger partial charge in [0, 0.05) is 6.08 Å². The summed E-state index contributed by atoms with van der Waals surface area (Å²) in [6.07, 6.45) is -6.53. The lowest BCUT2D eigenvalue weighted by Gasteiger charge is -2.18. The Labute approximate surface area is 76.3 Å². The summed E-state index contributed by atoms with van der Waals surface area (Å²) in [6.45, 7) is 1.94. The third-order valence-electron chi connectivity index (χ3n) is 1.24. The molecule has 82 valence electrons. The summed E-state index contributed by atoms with van der Waals surface area (Å²) in [5.74, 6) is -5.88. The third kappa shape index (κ3) is 3.71. The molecule has 0 aliphatic rings. The van der Waals surface area contributed by atoms with Crippen molar-refractivity contribution >= 4 is 5.97 Å². The van der Waals surface area contributed by atoms with Crippen LogP contribution in [0.4, 0.5) is 22.0 Å². The zero-order chi connectivity index (χ0) is 11.4. The molecule has 0 fully saturated rings. The highest BCUT2D eigenvalue weighted by Gasteiger charge is 2.56. The monoisotopic (exact) mass is 218 g/mol. The number of halogens is 5. The van der Waals surface area contributed by atoms with E-state index in [0.29, 0.717) is 6.08 Å². The zero-order valence-electron chi connectivity index (χ0n) is 6.90. The van der Waals surface area contributed by atoms with Gasteiger partial charge in [0.05, 0.1) is 13.0 Å². The summed E-state index contributed by atoms with van der Waals surface area (Å²) < 4.78 is 62.9. The highest BCUT2D eigenvalue weighted by molar-refractivity contribution is 5.81. The van der Waals surface area contributed by atoms with Gasteiger partial charge in [-0.15, -0.1) is 0 Å². The molecular weight excluding hydrogens is 211 g/mol. The van der Waals surface area contributed by atoms with Crippen molar-refractivity contribution in [1.29, 1.82) is 0 Å². The molecule has 14 heavy (non-hydrogen) atoms. The van der Waals surface area contributed by atoms with Gasteiger partial charge in [-0.3, -0.25) is 0 Å². The Morgan fingerprint density at radius 3 is 2.14 bits per heavy atom. The first-order valence-electron chi connectivity index (χ1n) is 3.44. The van der Waals surface area contributed by atoms with E-state index in [2.05, 4.69) is 11.3 Å². The number of esters is 1. The Morgan fingerprint density at radius 2 is 1.79 bits per heavy atom. The molecule has 0 saturated heterocycles. The van der Waals surface area contributed by atoms with Crippen LogP contribution >= 0.6 is 0 Å². The molecule has 0 saturated carbocycles. The first-order valence-corrected chi connectivity index (χ1v) is 3.44. The minimum atomic E-state index is -5.62. The smallest absolute Gasteiger partial charge is 0.453 e. The number of rotatable bonds is 4. The second-order valence-electron chi connectivity index (χ2n) is 2.32. The zero-order valence-corrected chi connectivity index (χ0v) is 6.90. The average molecular weight is 218 g/mol. The SMILES string of the molecule is C=CC(=O)OCCC(F)(F)C(F)(F)F. The number of hydrogen-bond donors (Lipinski definition) is 0. The first kappa shape index (κ1) is 12.9.